The van der Waals surface area contributed by atoms with Gasteiger partial charge in [-0.05, 0) is 32.9 Å². The minimum atomic E-state index is -2.38. The van der Waals surface area contributed by atoms with Crippen LogP contribution in [0.15, 0.2) is 30.3 Å². The summed E-state index contributed by atoms with van der Waals surface area (Å²) in [6.07, 6.45) is 0. The van der Waals surface area contributed by atoms with Gasteiger partial charge in [-0.3, -0.25) is 15.0 Å². The van der Waals surface area contributed by atoms with Crippen molar-refractivity contribution >= 4 is 11.8 Å². The summed E-state index contributed by atoms with van der Waals surface area (Å²) in [6.45, 7) is 4.52. The van der Waals surface area contributed by atoms with Crippen LogP contribution >= 0.6 is 0 Å². The van der Waals surface area contributed by atoms with Crippen LogP contribution in [0, 0.1) is 29.1 Å². The molecule has 2 rings (SSSR count). The highest BCUT2D eigenvalue weighted by Crippen LogP contribution is 2.24. The SMILES string of the molecule is CC(C)(C)N(NC(=O)c1c(F)c(F)c(F)c(F)c1F)C(=O)c1ccccc1. The van der Waals surface area contributed by atoms with E-state index in [1.165, 1.54) is 32.9 Å². The summed E-state index contributed by atoms with van der Waals surface area (Å²) in [5, 5.41) is 0.753. The van der Waals surface area contributed by atoms with Crippen LogP contribution < -0.4 is 5.43 Å². The highest BCUT2D eigenvalue weighted by atomic mass is 19.2. The number of benzene rings is 2. The first-order valence-electron chi connectivity index (χ1n) is 7.68. The summed E-state index contributed by atoms with van der Waals surface area (Å²) in [5.41, 5.74) is -0.676. The lowest BCUT2D eigenvalue weighted by molar-refractivity contribution is 0.0354. The normalized spacial score (nSPS) is 11.3. The lowest BCUT2D eigenvalue weighted by Crippen LogP contribution is -2.56. The van der Waals surface area contributed by atoms with E-state index in [0.717, 1.165) is 5.01 Å². The Bertz CT molecular complexity index is 866. The third kappa shape index (κ3) is 3.91. The molecule has 1 N–H and O–H groups in total. The maximum atomic E-state index is 13.8. The van der Waals surface area contributed by atoms with Crippen LogP contribution in [0.25, 0.3) is 0 Å². The molecule has 144 valence electrons. The summed E-state index contributed by atoms with van der Waals surface area (Å²) < 4.78 is 67.5. The molecule has 0 radical (unpaired) electrons. The molecule has 0 aliphatic rings. The third-order valence-corrected chi connectivity index (χ3v) is 3.54. The molecule has 0 saturated carbocycles. The molecular weight excluding hydrogens is 371 g/mol. The van der Waals surface area contributed by atoms with Crippen LogP contribution in [0.1, 0.15) is 41.5 Å². The van der Waals surface area contributed by atoms with Crippen LogP contribution in [-0.2, 0) is 0 Å². The van der Waals surface area contributed by atoms with Crippen molar-refractivity contribution in [3.05, 3.63) is 70.5 Å². The molecule has 0 saturated heterocycles. The number of hydrogen-bond donors (Lipinski definition) is 1. The standard InChI is InChI=1S/C18H15F5N2O2/c1-18(2,3)25(17(27)9-7-5-4-6-8-9)24-16(26)10-11(19)13(21)15(23)14(22)12(10)20/h4-8H,1-3H3,(H,24,26). The van der Waals surface area contributed by atoms with Gasteiger partial charge >= 0.3 is 0 Å². The van der Waals surface area contributed by atoms with Crippen LogP contribution in [0.3, 0.4) is 0 Å². The van der Waals surface area contributed by atoms with Crippen molar-refractivity contribution in [3.8, 4) is 0 Å². The first-order chi connectivity index (χ1) is 12.5. The molecular formula is C18H15F5N2O2. The molecule has 2 aromatic rings. The molecule has 2 amide bonds. The van der Waals surface area contributed by atoms with Crippen molar-refractivity contribution in [2.24, 2.45) is 0 Å². The van der Waals surface area contributed by atoms with Crippen LogP contribution in [0.4, 0.5) is 22.0 Å². The molecule has 0 aliphatic carbocycles. The number of hydrogen-bond acceptors (Lipinski definition) is 2. The minimum Gasteiger partial charge on any atom is -0.267 e. The maximum Gasteiger partial charge on any atom is 0.276 e. The Morgan fingerprint density at radius 2 is 1.26 bits per heavy atom. The van der Waals surface area contributed by atoms with Crippen molar-refractivity contribution in [3.63, 3.8) is 0 Å². The number of nitrogens with one attached hydrogen (secondary N) is 1. The summed E-state index contributed by atoms with van der Waals surface area (Å²) in [4.78, 5) is 24.9. The molecule has 27 heavy (non-hydrogen) atoms. The van der Waals surface area contributed by atoms with Gasteiger partial charge < -0.3 is 0 Å². The Morgan fingerprint density at radius 3 is 1.70 bits per heavy atom. The van der Waals surface area contributed by atoms with Crippen molar-refractivity contribution in [2.75, 3.05) is 0 Å². The first-order valence-corrected chi connectivity index (χ1v) is 7.68. The smallest absolute Gasteiger partial charge is 0.267 e. The zero-order valence-corrected chi connectivity index (χ0v) is 14.5. The summed E-state index contributed by atoms with van der Waals surface area (Å²) in [5.74, 6) is -13.8. The summed E-state index contributed by atoms with van der Waals surface area (Å²) in [7, 11) is 0. The van der Waals surface area contributed by atoms with Gasteiger partial charge in [0.25, 0.3) is 11.8 Å². The topological polar surface area (TPSA) is 49.4 Å². The van der Waals surface area contributed by atoms with Crippen molar-refractivity contribution in [1.82, 2.24) is 10.4 Å². The quantitative estimate of drug-likeness (QED) is 0.368. The van der Waals surface area contributed by atoms with E-state index in [4.69, 9.17) is 0 Å². The van der Waals surface area contributed by atoms with E-state index in [9.17, 15) is 31.5 Å². The van der Waals surface area contributed by atoms with Gasteiger partial charge in [-0.2, -0.15) is 0 Å². The predicted octanol–water partition coefficient (Wildman–Crippen LogP) is 3.97. The van der Waals surface area contributed by atoms with E-state index in [1.54, 1.807) is 18.2 Å². The molecule has 9 heteroatoms. The maximum absolute atomic E-state index is 13.8. The van der Waals surface area contributed by atoms with Gasteiger partial charge in [0.15, 0.2) is 23.3 Å². The lowest BCUT2D eigenvalue weighted by atomic mass is 10.1. The van der Waals surface area contributed by atoms with E-state index in [-0.39, 0.29) is 5.56 Å². The molecule has 0 bridgehead atoms. The van der Waals surface area contributed by atoms with Gasteiger partial charge in [-0.15, -0.1) is 0 Å². The van der Waals surface area contributed by atoms with Crippen LogP contribution in [-0.4, -0.2) is 22.4 Å². The Morgan fingerprint density at radius 1 is 0.815 bits per heavy atom. The number of halogens is 5. The van der Waals surface area contributed by atoms with E-state index in [1.807, 2.05) is 5.43 Å². The fourth-order valence-corrected chi connectivity index (χ4v) is 2.19. The average molecular weight is 386 g/mol. The summed E-state index contributed by atoms with van der Waals surface area (Å²) in [6, 6.07) is 7.63. The number of carbonyl (C=O) groups is 2. The second kappa shape index (κ2) is 7.34. The molecule has 0 unspecified atom stereocenters. The van der Waals surface area contributed by atoms with Crippen LogP contribution in [0.2, 0.25) is 0 Å². The van der Waals surface area contributed by atoms with Gasteiger partial charge in [-0.1, -0.05) is 18.2 Å². The Labute approximate surface area is 151 Å². The van der Waals surface area contributed by atoms with Crippen molar-refractivity contribution in [2.45, 2.75) is 26.3 Å². The second-order valence-corrected chi connectivity index (χ2v) is 6.56. The van der Waals surface area contributed by atoms with Gasteiger partial charge in [0, 0.05) is 5.56 Å². The van der Waals surface area contributed by atoms with E-state index < -0.39 is 52.0 Å². The summed E-state index contributed by atoms with van der Waals surface area (Å²) >= 11 is 0. The number of carbonyl (C=O) groups excluding carboxylic acids is 2. The minimum absolute atomic E-state index is 0.144. The molecule has 0 spiro atoms. The molecule has 2 aromatic carbocycles. The van der Waals surface area contributed by atoms with Crippen molar-refractivity contribution in [1.29, 1.82) is 0 Å². The number of rotatable bonds is 2. The monoisotopic (exact) mass is 386 g/mol. The van der Waals surface area contributed by atoms with Gasteiger partial charge in [-0.25, -0.2) is 27.0 Å². The van der Waals surface area contributed by atoms with Crippen molar-refractivity contribution < 1.29 is 31.5 Å². The molecule has 4 nitrogen and oxygen atoms in total. The zero-order chi connectivity index (χ0) is 20.5. The fraction of sp³-hybridized carbons (Fsp3) is 0.222. The van der Waals surface area contributed by atoms with Gasteiger partial charge in [0.2, 0.25) is 5.82 Å². The number of nitrogens with zero attached hydrogens (tertiary/aromatic N) is 1. The number of amides is 2. The lowest BCUT2D eigenvalue weighted by Gasteiger charge is -2.35. The first kappa shape index (κ1) is 20.3. The Hall–Kier alpha value is -2.97. The Balaban J connectivity index is 2.46. The fourth-order valence-electron chi connectivity index (χ4n) is 2.19. The third-order valence-electron chi connectivity index (χ3n) is 3.54. The molecule has 0 atom stereocenters. The molecule has 0 aromatic heterocycles. The van der Waals surface area contributed by atoms with E-state index in [2.05, 4.69) is 0 Å². The highest BCUT2D eigenvalue weighted by Gasteiger charge is 2.34. The second-order valence-electron chi connectivity index (χ2n) is 6.56. The Kier molecular flexibility index (Phi) is 5.53. The average Bonchev–Trinajstić information content (AvgIpc) is 2.62. The molecule has 0 fully saturated rings. The number of hydrazine groups is 1. The van der Waals surface area contributed by atoms with Gasteiger partial charge in [0.05, 0.1) is 5.54 Å². The largest absolute Gasteiger partial charge is 0.276 e. The zero-order valence-electron chi connectivity index (χ0n) is 14.5. The van der Waals surface area contributed by atoms with Crippen LogP contribution in [0.5, 0.6) is 0 Å². The highest BCUT2D eigenvalue weighted by molar-refractivity contribution is 5.99. The molecule has 0 heterocycles. The van der Waals surface area contributed by atoms with E-state index >= 15 is 0 Å². The van der Waals surface area contributed by atoms with Gasteiger partial charge in [0.1, 0.15) is 5.56 Å². The predicted molar refractivity (Wildman–Crippen MR) is 86.1 cm³/mol. The van der Waals surface area contributed by atoms with E-state index in [0.29, 0.717) is 0 Å². The molecule has 0 aliphatic heterocycles.